The smallest absolute Gasteiger partial charge is 0.411 e. The molecular weight excluding hydrogens is 485 g/mol. The van der Waals surface area contributed by atoms with Gasteiger partial charge in [-0.2, -0.15) is 0 Å². The Kier molecular flexibility index (Phi) is 16.2. The summed E-state index contributed by atoms with van der Waals surface area (Å²) < 4.78 is 11.3. The molecule has 2 aromatic carbocycles. The van der Waals surface area contributed by atoms with Gasteiger partial charge in [0.25, 0.3) is 0 Å². The molecule has 1 heterocycles. The van der Waals surface area contributed by atoms with E-state index in [9.17, 15) is 4.79 Å². The molecule has 1 N–H and O–H groups in total. The molecule has 2 aromatic rings. The van der Waals surface area contributed by atoms with Crippen LogP contribution in [-0.2, 0) is 11.3 Å². The maximum Gasteiger partial charge on any atom is 0.411 e. The van der Waals surface area contributed by atoms with Crippen LogP contribution in [0.1, 0.15) is 44.6 Å². The Labute approximate surface area is 223 Å². The fraction of sp³-hybridized carbons (Fsp3) is 0.519. The number of rotatable bonds is 13. The molecule has 3 rings (SSSR count). The number of ether oxygens (including phenoxy) is 2. The number of halogens is 2. The van der Waals surface area contributed by atoms with Crippen LogP contribution < -0.4 is 10.1 Å². The van der Waals surface area contributed by atoms with E-state index in [1.165, 1.54) is 31.2 Å². The van der Waals surface area contributed by atoms with Crippen molar-refractivity contribution in [3.05, 3.63) is 60.2 Å². The van der Waals surface area contributed by atoms with Crippen molar-refractivity contribution in [1.82, 2.24) is 9.80 Å². The van der Waals surface area contributed by atoms with Gasteiger partial charge in [0, 0.05) is 39.3 Å². The number of nitrogens with zero attached hydrogens (tertiary/aromatic N) is 2. The number of anilines is 1. The van der Waals surface area contributed by atoms with Gasteiger partial charge in [-0.25, -0.2) is 4.79 Å². The van der Waals surface area contributed by atoms with Crippen LogP contribution in [0.2, 0.25) is 0 Å². The van der Waals surface area contributed by atoms with Gasteiger partial charge in [0.15, 0.2) is 0 Å². The maximum atomic E-state index is 12.3. The molecule has 0 saturated carbocycles. The van der Waals surface area contributed by atoms with E-state index in [0.29, 0.717) is 24.7 Å². The zero-order chi connectivity index (χ0) is 23.1. The van der Waals surface area contributed by atoms with Gasteiger partial charge in [-0.1, -0.05) is 75.1 Å². The average Bonchev–Trinajstić information content (AvgIpc) is 2.84. The van der Waals surface area contributed by atoms with Crippen LogP contribution in [-0.4, -0.2) is 61.8 Å². The predicted molar refractivity (Wildman–Crippen MR) is 148 cm³/mol. The van der Waals surface area contributed by atoms with Crippen LogP contribution in [0, 0.1) is 0 Å². The first kappa shape index (κ1) is 31.0. The molecule has 196 valence electrons. The molecule has 8 heteroatoms. The standard InChI is InChI=1S/C27H39N3O3.2ClH/c1-2-3-4-5-11-21-32-26-15-10-9-14-25(26)28-27(31)33-22-20-29-16-18-30(19-17-29)23-24-12-7-6-8-13-24;;/h6-10,12-15H,2-5,11,16-23H2,1H3,(H,28,31);2*1H. The Bertz CT molecular complexity index is 818. The average molecular weight is 527 g/mol. The number of amides is 1. The fourth-order valence-corrected chi connectivity index (χ4v) is 4.01. The van der Waals surface area contributed by atoms with E-state index < -0.39 is 6.09 Å². The number of piperazine rings is 1. The highest BCUT2D eigenvalue weighted by Crippen LogP contribution is 2.24. The zero-order valence-electron chi connectivity index (χ0n) is 20.8. The van der Waals surface area contributed by atoms with Gasteiger partial charge in [-0.05, 0) is 24.1 Å². The maximum absolute atomic E-state index is 12.3. The summed E-state index contributed by atoms with van der Waals surface area (Å²) >= 11 is 0. The van der Waals surface area contributed by atoms with Crippen LogP contribution >= 0.6 is 24.8 Å². The first-order valence-corrected chi connectivity index (χ1v) is 12.4. The molecule has 0 atom stereocenters. The Hall–Kier alpha value is -1.99. The Morgan fingerprint density at radius 3 is 2.23 bits per heavy atom. The number of hydrogen-bond donors (Lipinski definition) is 1. The highest BCUT2D eigenvalue weighted by atomic mass is 35.5. The van der Waals surface area contributed by atoms with E-state index in [-0.39, 0.29) is 24.8 Å². The molecule has 0 aliphatic carbocycles. The number of hydrogen-bond acceptors (Lipinski definition) is 5. The minimum atomic E-state index is -0.434. The second-order valence-electron chi connectivity index (χ2n) is 8.62. The summed E-state index contributed by atoms with van der Waals surface area (Å²) in [4.78, 5) is 17.1. The van der Waals surface area contributed by atoms with Crippen molar-refractivity contribution in [2.75, 3.05) is 51.3 Å². The van der Waals surface area contributed by atoms with Crippen molar-refractivity contribution in [2.45, 2.75) is 45.6 Å². The number of para-hydroxylation sites is 2. The number of benzene rings is 2. The molecule has 1 aliphatic heterocycles. The van der Waals surface area contributed by atoms with Crippen molar-refractivity contribution in [2.24, 2.45) is 0 Å². The molecule has 1 amide bonds. The van der Waals surface area contributed by atoms with Crippen LogP contribution in [0.5, 0.6) is 5.75 Å². The Balaban J connectivity index is 0.00000306. The zero-order valence-corrected chi connectivity index (χ0v) is 22.5. The lowest BCUT2D eigenvalue weighted by molar-refractivity contribution is 0.0975. The highest BCUT2D eigenvalue weighted by molar-refractivity contribution is 5.86. The molecule has 0 unspecified atom stereocenters. The molecule has 0 aromatic heterocycles. The highest BCUT2D eigenvalue weighted by Gasteiger charge is 2.17. The lowest BCUT2D eigenvalue weighted by atomic mass is 10.2. The minimum absolute atomic E-state index is 0. The summed E-state index contributed by atoms with van der Waals surface area (Å²) in [5.74, 6) is 0.694. The van der Waals surface area contributed by atoms with E-state index in [1.54, 1.807) is 0 Å². The first-order chi connectivity index (χ1) is 16.2. The van der Waals surface area contributed by atoms with Crippen molar-refractivity contribution in [1.29, 1.82) is 0 Å². The van der Waals surface area contributed by atoms with Crippen LogP contribution in [0.4, 0.5) is 10.5 Å². The largest absolute Gasteiger partial charge is 0.491 e. The van der Waals surface area contributed by atoms with Gasteiger partial charge in [0.05, 0.1) is 12.3 Å². The summed E-state index contributed by atoms with van der Waals surface area (Å²) in [5, 5.41) is 2.83. The molecule has 1 fully saturated rings. The summed E-state index contributed by atoms with van der Waals surface area (Å²) in [5.41, 5.74) is 2.01. The SMILES string of the molecule is CCCCCCCOc1ccccc1NC(=O)OCCN1CCN(Cc2ccccc2)CC1.Cl.Cl. The van der Waals surface area contributed by atoms with Gasteiger partial charge in [0.1, 0.15) is 12.4 Å². The van der Waals surface area contributed by atoms with E-state index >= 15 is 0 Å². The minimum Gasteiger partial charge on any atom is -0.491 e. The third kappa shape index (κ3) is 12.0. The van der Waals surface area contributed by atoms with E-state index in [2.05, 4.69) is 52.4 Å². The van der Waals surface area contributed by atoms with Gasteiger partial charge >= 0.3 is 6.09 Å². The lowest BCUT2D eigenvalue weighted by Crippen LogP contribution is -2.46. The molecule has 0 spiro atoms. The molecular formula is C27H41Cl2N3O3. The van der Waals surface area contributed by atoms with E-state index in [0.717, 1.165) is 45.7 Å². The molecule has 35 heavy (non-hydrogen) atoms. The third-order valence-electron chi connectivity index (χ3n) is 5.98. The first-order valence-electron chi connectivity index (χ1n) is 12.4. The molecule has 0 radical (unpaired) electrons. The summed E-state index contributed by atoms with van der Waals surface area (Å²) in [6, 6.07) is 18.1. The molecule has 6 nitrogen and oxygen atoms in total. The summed E-state index contributed by atoms with van der Waals surface area (Å²) in [6.07, 6.45) is 5.52. The van der Waals surface area contributed by atoms with Crippen molar-refractivity contribution in [3.8, 4) is 5.75 Å². The summed E-state index contributed by atoms with van der Waals surface area (Å²) in [6.45, 7) is 9.05. The van der Waals surface area contributed by atoms with Crippen LogP contribution in [0.25, 0.3) is 0 Å². The monoisotopic (exact) mass is 525 g/mol. The van der Waals surface area contributed by atoms with Crippen molar-refractivity contribution < 1.29 is 14.3 Å². The molecule has 0 bridgehead atoms. The third-order valence-corrected chi connectivity index (χ3v) is 5.98. The molecule has 1 saturated heterocycles. The second-order valence-corrected chi connectivity index (χ2v) is 8.62. The Morgan fingerprint density at radius 2 is 1.49 bits per heavy atom. The fourth-order valence-electron chi connectivity index (χ4n) is 4.01. The quantitative estimate of drug-likeness (QED) is 0.313. The molecule has 1 aliphatic rings. The van der Waals surface area contributed by atoms with Crippen molar-refractivity contribution in [3.63, 3.8) is 0 Å². The number of nitrogens with one attached hydrogen (secondary N) is 1. The van der Waals surface area contributed by atoms with Crippen LogP contribution in [0.15, 0.2) is 54.6 Å². The van der Waals surface area contributed by atoms with Gasteiger partial charge < -0.3 is 9.47 Å². The van der Waals surface area contributed by atoms with Gasteiger partial charge in [-0.15, -0.1) is 24.8 Å². The number of unbranched alkanes of at least 4 members (excludes halogenated alkanes) is 4. The van der Waals surface area contributed by atoms with E-state index in [1.807, 2.05) is 24.3 Å². The van der Waals surface area contributed by atoms with Crippen LogP contribution in [0.3, 0.4) is 0 Å². The number of carbonyl (C=O) groups excluding carboxylic acids is 1. The van der Waals surface area contributed by atoms with Crippen molar-refractivity contribution >= 4 is 36.6 Å². The second kappa shape index (κ2) is 18.3. The number of carbonyl (C=O) groups is 1. The van der Waals surface area contributed by atoms with Gasteiger partial charge in [0.2, 0.25) is 0 Å². The normalized spacial score (nSPS) is 13.9. The van der Waals surface area contributed by atoms with Gasteiger partial charge in [-0.3, -0.25) is 15.1 Å². The lowest BCUT2D eigenvalue weighted by Gasteiger charge is -2.34. The summed E-state index contributed by atoms with van der Waals surface area (Å²) in [7, 11) is 0. The van der Waals surface area contributed by atoms with E-state index in [4.69, 9.17) is 9.47 Å². The predicted octanol–water partition coefficient (Wildman–Crippen LogP) is 6.25. The Morgan fingerprint density at radius 1 is 0.829 bits per heavy atom. The topological polar surface area (TPSA) is 54.0 Å².